The largest absolute Gasteiger partial charge is 0.398 e. The van der Waals surface area contributed by atoms with Gasteiger partial charge in [-0.1, -0.05) is 11.6 Å². The molecule has 0 fully saturated rings. The number of nitrogens with one attached hydrogen (secondary N) is 1. The van der Waals surface area contributed by atoms with Crippen LogP contribution in [0.15, 0.2) is 28.0 Å². The van der Waals surface area contributed by atoms with E-state index in [1.54, 1.807) is 5.38 Å². The summed E-state index contributed by atoms with van der Waals surface area (Å²) in [6, 6.07) is 2.69. The Bertz CT molecular complexity index is 640. The third-order valence-electron chi connectivity index (χ3n) is 1.73. The minimum atomic E-state index is -3.67. The topological polar surface area (TPSA) is 98.0 Å². The van der Waals surface area contributed by atoms with Gasteiger partial charge in [-0.05, 0) is 6.07 Å². The van der Waals surface area contributed by atoms with Crippen LogP contribution >= 0.6 is 22.9 Å². The summed E-state index contributed by atoms with van der Waals surface area (Å²) in [6.07, 6.45) is 1.17. The molecule has 0 aliphatic heterocycles. The lowest BCUT2D eigenvalue weighted by Gasteiger charge is -2.04. The van der Waals surface area contributed by atoms with Crippen molar-refractivity contribution in [1.82, 2.24) is 9.97 Å². The van der Waals surface area contributed by atoms with Crippen LogP contribution in [0, 0.1) is 0 Å². The van der Waals surface area contributed by atoms with Gasteiger partial charge in [0, 0.05) is 17.1 Å². The molecule has 9 heteroatoms. The van der Waals surface area contributed by atoms with Crippen LogP contribution in [-0.4, -0.2) is 18.4 Å². The molecule has 0 saturated heterocycles. The first-order valence-electron chi connectivity index (χ1n) is 4.32. The van der Waals surface area contributed by atoms with E-state index in [2.05, 4.69) is 14.7 Å². The van der Waals surface area contributed by atoms with Gasteiger partial charge in [0.05, 0.1) is 0 Å². The molecule has 0 saturated carbocycles. The maximum Gasteiger partial charge on any atom is 0.272 e. The third-order valence-corrected chi connectivity index (χ3v) is 4.75. The van der Waals surface area contributed by atoms with Crippen molar-refractivity contribution < 1.29 is 8.42 Å². The lowest BCUT2D eigenvalue weighted by Crippen LogP contribution is -2.12. The highest BCUT2D eigenvalue weighted by atomic mass is 35.5. The summed E-state index contributed by atoms with van der Waals surface area (Å²) in [5, 5.41) is 1.70. The van der Waals surface area contributed by atoms with E-state index in [0.29, 0.717) is 5.69 Å². The molecule has 2 aromatic heterocycles. The Hall–Kier alpha value is -1.38. The zero-order valence-corrected chi connectivity index (χ0v) is 10.7. The summed E-state index contributed by atoms with van der Waals surface area (Å²) in [5.74, 6) is 0.108. The van der Waals surface area contributed by atoms with Gasteiger partial charge in [0.2, 0.25) is 0 Å². The van der Waals surface area contributed by atoms with Gasteiger partial charge in [0.15, 0.2) is 0 Å². The normalized spacial score (nSPS) is 11.4. The number of hydrogen-bond donors (Lipinski definition) is 2. The fraction of sp³-hybridized carbons (Fsp3) is 0. The van der Waals surface area contributed by atoms with Crippen LogP contribution in [0.5, 0.6) is 0 Å². The average molecular weight is 291 g/mol. The summed E-state index contributed by atoms with van der Waals surface area (Å²) >= 11 is 6.65. The van der Waals surface area contributed by atoms with E-state index in [1.807, 2.05) is 0 Å². The molecule has 0 amide bonds. The minimum Gasteiger partial charge on any atom is -0.398 e. The van der Waals surface area contributed by atoms with Crippen molar-refractivity contribution in [3.63, 3.8) is 0 Å². The molecular formula is C8H7ClN4O2S2. The number of nitrogen functional groups attached to an aromatic ring is 1. The number of anilines is 2. The van der Waals surface area contributed by atoms with Gasteiger partial charge in [0.1, 0.15) is 21.5 Å². The van der Waals surface area contributed by atoms with Crippen LogP contribution in [0.4, 0.5) is 11.5 Å². The molecule has 0 unspecified atom stereocenters. The predicted molar refractivity (Wildman–Crippen MR) is 66.6 cm³/mol. The van der Waals surface area contributed by atoms with Crippen LogP contribution in [0.2, 0.25) is 5.15 Å². The lowest BCUT2D eigenvalue weighted by molar-refractivity contribution is 0.603. The summed E-state index contributed by atoms with van der Waals surface area (Å²) in [4.78, 5) is 7.39. The minimum absolute atomic E-state index is 0.108. The molecule has 2 rings (SSSR count). The quantitative estimate of drug-likeness (QED) is 0.836. The first-order valence-corrected chi connectivity index (χ1v) is 7.06. The van der Waals surface area contributed by atoms with Crippen molar-refractivity contribution in [3.05, 3.63) is 29.0 Å². The monoisotopic (exact) mass is 290 g/mol. The standard InChI is InChI=1S/C8H7ClN4O2S2/c9-6-2-7(12-4-11-6)13-17(14,15)8-1-5(10)3-16-8/h1-4H,10H2,(H,11,12,13). The lowest BCUT2D eigenvalue weighted by atomic mass is 10.6. The Labute approximate surface area is 107 Å². The van der Waals surface area contributed by atoms with Gasteiger partial charge in [-0.2, -0.15) is 0 Å². The predicted octanol–water partition coefficient (Wildman–Crippen LogP) is 1.57. The summed E-state index contributed by atoms with van der Waals surface area (Å²) in [5.41, 5.74) is 5.86. The summed E-state index contributed by atoms with van der Waals surface area (Å²) in [6.45, 7) is 0. The Balaban J connectivity index is 2.29. The van der Waals surface area contributed by atoms with Gasteiger partial charge in [-0.3, -0.25) is 4.72 Å². The number of nitrogens with two attached hydrogens (primary N) is 1. The molecule has 0 aromatic carbocycles. The molecule has 0 atom stereocenters. The van der Waals surface area contributed by atoms with Crippen LogP contribution < -0.4 is 10.5 Å². The Morgan fingerprint density at radius 1 is 1.35 bits per heavy atom. The average Bonchev–Trinajstić information content (AvgIpc) is 2.65. The Morgan fingerprint density at radius 2 is 2.12 bits per heavy atom. The highest BCUT2D eigenvalue weighted by Gasteiger charge is 2.17. The summed E-state index contributed by atoms with van der Waals surface area (Å²) < 4.78 is 26.1. The van der Waals surface area contributed by atoms with E-state index in [4.69, 9.17) is 17.3 Å². The van der Waals surface area contributed by atoms with Crippen LogP contribution in [-0.2, 0) is 10.0 Å². The Kier molecular flexibility index (Phi) is 3.18. The van der Waals surface area contributed by atoms with Gasteiger partial charge in [-0.25, -0.2) is 18.4 Å². The van der Waals surface area contributed by atoms with Gasteiger partial charge in [0.25, 0.3) is 10.0 Å². The molecule has 0 bridgehead atoms. The molecule has 0 aliphatic carbocycles. The fourth-order valence-corrected chi connectivity index (χ4v) is 3.27. The first-order chi connectivity index (χ1) is 7.97. The van der Waals surface area contributed by atoms with Crippen molar-refractivity contribution in [2.24, 2.45) is 0 Å². The Morgan fingerprint density at radius 3 is 2.71 bits per heavy atom. The SMILES string of the molecule is Nc1csc(S(=O)(=O)Nc2cc(Cl)ncn2)c1. The zero-order valence-electron chi connectivity index (χ0n) is 8.29. The highest BCUT2D eigenvalue weighted by Crippen LogP contribution is 2.23. The van der Waals surface area contributed by atoms with Crippen LogP contribution in [0.3, 0.4) is 0 Å². The number of sulfonamides is 1. The van der Waals surface area contributed by atoms with Crippen molar-refractivity contribution in [3.8, 4) is 0 Å². The first kappa shape index (κ1) is 12.1. The maximum absolute atomic E-state index is 11.9. The zero-order chi connectivity index (χ0) is 12.5. The van der Waals surface area contributed by atoms with Crippen molar-refractivity contribution in [1.29, 1.82) is 0 Å². The van der Waals surface area contributed by atoms with E-state index < -0.39 is 10.0 Å². The van der Waals surface area contributed by atoms with Crippen molar-refractivity contribution >= 4 is 44.5 Å². The van der Waals surface area contributed by atoms with Crippen LogP contribution in [0.25, 0.3) is 0 Å². The van der Waals surface area contributed by atoms with Crippen molar-refractivity contribution in [2.75, 3.05) is 10.5 Å². The van der Waals surface area contributed by atoms with E-state index in [-0.39, 0.29) is 15.2 Å². The number of rotatable bonds is 3. The van der Waals surface area contributed by atoms with E-state index >= 15 is 0 Å². The maximum atomic E-state index is 11.9. The molecule has 2 heterocycles. The number of aromatic nitrogens is 2. The van der Waals surface area contributed by atoms with Gasteiger partial charge in [-0.15, -0.1) is 11.3 Å². The molecule has 3 N–H and O–H groups in total. The second kappa shape index (κ2) is 4.47. The fourth-order valence-electron chi connectivity index (χ4n) is 1.05. The number of thiophene rings is 1. The summed E-state index contributed by atoms with van der Waals surface area (Å²) in [7, 11) is -3.67. The van der Waals surface area contributed by atoms with Gasteiger partial charge >= 0.3 is 0 Å². The highest BCUT2D eigenvalue weighted by molar-refractivity contribution is 7.94. The van der Waals surface area contributed by atoms with E-state index in [0.717, 1.165) is 11.3 Å². The molecule has 2 aromatic rings. The number of nitrogens with zero attached hydrogens (tertiary/aromatic N) is 2. The van der Waals surface area contributed by atoms with Gasteiger partial charge < -0.3 is 5.73 Å². The molecule has 6 nitrogen and oxygen atoms in total. The smallest absolute Gasteiger partial charge is 0.272 e. The molecule has 0 spiro atoms. The second-order valence-electron chi connectivity index (χ2n) is 3.03. The number of halogens is 1. The second-order valence-corrected chi connectivity index (χ2v) is 6.24. The van der Waals surface area contributed by atoms with E-state index in [1.165, 1.54) is 18.5 Å². The molecule has 17 heavy (non-hydrogen) atoms. The third kappa shape index (κ3) is 2.84. The molecule has 90 valence electrons. The van der Waals surface area contributed by atoms with Crippen molar-refractivity contribution in [2.45, 2.75) is 4.21 Å². The molecule has 0 aliphatic rings. The van der Waals surface area contributed by atoms with E-state index in [9.17, 15) is 8.42 Å². The molecular weight excluding hydrogens is 284 g/mol. The molecule has 0 radical (unpaired) electrons. The number of hydrogen-bond acceptors (Lipinski definition) is 6. The van der Waals surface area contributed by atoms with Crippen LogP contribution in [0.1, 0.15) is 0 Å².